The molecule has 2 aliphatic carbocycles. The number of hydrogen-bond donors (Lipinski definition) is 4. The van der Waals surface area contributed by atoms with Gasteiger partial charge in [-0.05, 0) is 60.3 Å². The molecule has 1 atom stereocenters. The molecule has 2 aromatic carbocycles. The minimum Gasteiger partial charge on any atom is -0.481 e. The normalized spacial score (nSPS) is 19.3. The van der Waals surface area contributed by atoms with Gasteiger partial charge in [0.1, 0.15) is 6.61 Å². The SMILES string of the molecule is CCCC(/C=N/NC(=O)NCC1CCC(C(=O)O)CC1)NC(=O)OCC1c2ccccc2-c2ccccc21. The summed E-state index contributed by atoms with van der Waals surface area (Å²) in [5.74, 6) is -0.764. The van der Waals surface area contributed by atoms with Crippen LogP contribution in [0.5, 0.6) is 0 Å². The topological polar surface area (TPSA) is 129 Å². The van der Waals surface area contributed by atoms with Crippen LogP contribution in [0.15, 0.2) is 53.6 Å². The number of amides is 3. The van der Waals surface area contributed by atoms with Crippen LogP contribution < -0.4 is 16.1 Å². The van der Waals surface area contributed by atoms with Gasteiger partial charge in [-0.1, -0.05) is 61.9 Å². The summed E-state index contributed by atoms with van der Waals surface area (Å²) >= 11 is 0. The van der Waals surface area contributed by atoms with Crippen LogP contribution in [0.4, 0.5) is 9.59 Å². The molecule has 2 aliphatic rings. The maximum absolute atomic E-state index is 12.6. The van der Waals surface area contributed by atoms with Crippen molar-refractivity contribution in [1.29, 1.82) is 0 Å². The molecule has 3 amide bonds. The van der Waals surface area contributed by atoms with Gasteiger partial charge < -0.3 is 20.5 Å². The van der Waals surface area contributed by atoms with Gasteiger partial charge in [0.15, 0.2) is 0 Å². The van der Waals surface area contributed by atoms with Crippen LogP contribution in [0.25, 0.3) is 11.1 Å². The molecule has 1 fully saturated rings. The summed E-state index contributed by atoms with van der Waals surface area (Å²) in [4.78, 5) is 35.8. The Morgan fingerprint density at radius 1 is 1.03 bits per heavy atom. The number of carboxylic acids is 1. The summed E-state index contributed by atoms with van der Waals surface area (Å²) in [5, 5.41) is 18.7. The fraction of sp³-hybridized carbons (Fsp3) is 0.448. The Morgan fingerprint density at radius 3 is 2.26 bits per heavy atom. The van der Waals surface area contributed by atoms with Gasteiger partial charge in [-0.3, -0.25) is 4.79 Å². The van der Waals surface area contributed by atoms with Crippen LogP contribution in [0.1, 0.15) is 62.5 Å². The van der Waals surface area contributed by atoms with E-state index in [1.165, 1.54) is 17.3 Å². The van der Waals surface area contributed by atoms with E-state index in [9.17, 15) is 14.4 Å². The predicted molar refractivity (Wildman–Crippen MR) is 145 cm³/mol. The Labute approximate surface area is 223 Å². The monoisotopic (exact) mass is 520 g/mol. The first-order valence-electron chi connectivity index (χ1n) is 13.4. The zero-order chi connectivity index (χ0) is 26.9. The van der Waals surface area contributed by atoms with Crippen LogP contribution in [0.3, 0.4) is 0 Å². The predicted octanol–water partition coefficient (Wildman–Crippen LogP) is 4.87. The average Bonchev–Trinajstić information content (AvgIpc) is 3.24. The number of carbonyl (C=O) groups excluding carboxylic acids is 2. The second-order valence-electron chi connectivity index (χ2n) is 10.0. The molecular weight excluding hydrogens is 484 g/mol. The zero-order valence-electron chi connectivity index (χ0n) is 21.7. The molecule has 9 nitrogen and oxygen atoms in total. The molecule has 4 rings (SSSR count). The first-order valence-corrected chi connectivity index (χ1v) is 13.4. The molecule has 0 spiro atoms. The molecule has 2 aromatic rings. The zero-order valence-corrected chi connectivity index (χ0v) is 21.7. The van der Waals surface area contributed by atoms with Gasteiger partial charge in [0.05, 0.1) is 12.0 Å². The van der Waals surface area contributed by atoms with Gasteiger partial charge in [0, 0.05) is 18.7 Å². The summed E-state index contributed by atoms with van der Waals surface area (Å²) in [6.45, 7) is 2.70. The maximum Gasteiger partial charge on any atom is 0.407 e. The third-order valence-corrected chi connectivity index (χ3v) is 7.41. The van der Waals surface area contributed by atoms with Crippen LogP contribution >= 0.6 is 0 Å². The molecule has 38 heavy (non-hydrogen) atoms. The highest BCUT2D eigenvalue weighted by Crippen LogP contribution is 2.44. The number of carbonyl (C=O) groups is 3. The lowest BCUT2D eigenvalue weighted by Gasteiger charge is -2.25. The summed E-state index contributed by atoms with van der Waals surface area (Å²) in [6.07, 6.45) is 5.27. The summed E-state index contributed by atoms with van der Waals surface area (Å²) < 4.78 is 5.62. The van der Waals surface area contributed by atoms with Gasteiger partial charge in [0.25, 0.3) is 0 Å². The number of ether oxygens (including phenoxy) is 1. The highest BCUT2D eigenvalue weighted by molar-refractivity contribution is 5.80. The number of aliphatic carboxylic acids is 1. The lowest BCUT2D eigenvalue weighted by molar-refractivity contribution is -0.143. The Hall–Kier alpha value is -3.88. The van der Waals surface area contributed by atoms with Crippen molar-refractivity contribution < 1.29 is 24.2 Å². The Bertz CT molecular complexity index is 1110. The van der Waals surface area contributed by atoms with E-state index < -0.39 is 18.1 Å². The van der Waals surface area contributed by atoms with E-state index >= 15 is 0 Å². The Morgan fingerprint density at radius 2 is 1.66 bits per heavy atom. The van der Waals surface area contributed by atoms with Crippen molar-refractivity contribution in [3.05, 3.63) is 59.7 Å². The van der Waals surface area contributed by atoms with Gasteiger partial charge >= 0.3 is 18.1 Å². The third kappa shape index (κ3) is 6.90. The van der Waals surface area contributed by atoms with Crippen molar-refractivity contribution in [2.24, 2.45) is 16.9 Å². The van der Waals surface area contributed by atoms with E-state index in [2.05, 4.69) is 45.4 Å². The highest BCUT2D eigenvalue weighted by atomic mass is 16.5. The smallest absolute Gasteiger partial charge is 0.407 e. The molecule has 0 radical (unpaired) electrons. The van der Waals surface area contributed by atoms with E-state index in [-0.39, 0.29) is 30.4 Å². The number of fused-ring (bicyclic) bond motifs is 3. The van der Waals surface area contributed by atoms with Crippen molar-refractivity contribution in [2.75, 3.05) is 13.2 Å². The van der Waals surface area contributed by atoms with Crippen molar-refractivity contribution in [1.82, 2.24) is 16.1 Å². The van der Waals surface area contributed by atoms with E-state index in [0.717, 1.165) is 30.4 Å². The molecule has 1 unspecified atom stereocenters. The number of urea groups is 1. The van der Waals surface area contributed by atoms with Gasteiger partial charge in [-0.25, -0.2) is 15.0 Å². The summed E-state index contributed by atoms with van der Waals surface area (Å²) in [7, 11) is 0. The van der Waals surface area contributed by atoms with Crippen molar-refractivity contribution >= 4 is 24.3 Å². The molecule has 1 saturated carbocycles. The molecule has 0 bridgehead atoms. The number of nitrogens with zero attached hydrogens (tertiary/aromatic N) is 1. The van der Waals surface area contributed by atoms with E-state index in [0.29, 0.717) is 25.8 Å². The van der Waals surface area contributed by atoms with Gasteiger partial charge in [0.2, 0.25) is 0 Å². The van der Waals surface area contributed by atoms with Crippen molar-refractivity contribution in [3.8, 4) is 11.1 Å². The average molecular weight is 521 g/mol. The molecule has 202 valence electrons. The standard InChI is InChI=1S/C29H36N4O5/c1-2-7-21(17-31-33-28(36)30-16-19-12-14-20(15-13-19)27(34)35)32-29(37)38-18-26-24-10-5-3-8-22(24)23-9-4-6-11-25(23)26/h3-6,8-11,17,19-21,26H,2,7,12-16,18H2,1H3,(H,32,37)(H,34,35)(H2,30,33,36)/b31-17+. The van der Waals surface area contributed by atoms with E-state index in [1.54, 1.807) is 0 Å². The molecule has 0 saturated heterocycles. The molecule has 0 aliphatic heterocycles. The Kier molecular flexibility index (Phi) is 9.35. The minimum absolute atomic E-state index is 0.0176. The van der Waals surface area contributed by atoms with Crippen molar-refractivity contribution in [2.45, 2.75) is 57.4 Å². The number of rotatable bonds is 10. The second-order valence-corrected chi connectivity index (χ2v) is 10.0. The number of hydrazone groups is 1. The second kappa shape index (κ2) is 13.1. The summed E-state index contributed by atoms with van der Waals surface area (Å²) in [5.41, 5.74) is 7.09. The van der Waals surface area contributed by atoms with Crippen LogP contribution in [0, 0.1) is 11.8 Å². The van der Waals surface area contributed by atoms with Crippen molar-refractivity contribution in [3.63, 3.8) is 0 Å². The molecule has 9 heteroatoms. The number of nitrogens with one attached hydrogen (secondary N) is 3. The lowest BCUT2D eigenvalue weighted by Crippen LogP contribution is -2.39. The first-order chi connectivity index (χ1) is 18.5. The molecule has 0 aromatic heterocycles. The number of carboxylic acid groups (broad SMARTS) is 1. The molecule has 0 heterocycles. The number of hydrogen-bond acceptors (Lipinski definition) is 5. The van der Waals surface area contributed by atoms with Gasteiger partial charge in [-0.2, -0.15) is 5.10 Å². The fourth-order valence-corrected chi connectivity index (χ4v) is 5.36. The fourth-order valence-electron chi connectivity index (χ4n) is 5.36. The van der Waals surface area contributed by atoms with E-state index in [4.69, 9.17) is 9.84 Å². The van der Waals surface area contributed by atoms with Gasteiger partial charge in [-0.15, -0.1) is 0 Å². The van der Waals surface area contributed by atoms with Crippen LogP contribution in [-0.2, 0) is 9.53 Å². The Balaban J connectivity index is 1.22. The number of alkyl carbamates (subject to hydrolysis) is 1. The molecular formula is C29H36N4O5. The van der Waals surface area contributed by atoms with E-state index in [1.807, 2.05) is 31.2 Å². The molecule has 4 N–H and O–H groups in total. The first kappa shape index (κ1) is 27.2. The van der Waals surface area contributed by atoms with Crippen LogP contribution in [-0.4, -0.2) is 48.6 Å². The largest absolute Gasteiger partial charge is 0.481 e. The quantitative estimate of drug-likeness (QED) is 0.262. The summed E-state index contributed by atoms with van der Waals surface area (Å²) in [6, 6.07) is 15.5. The van der Waals surface area contributed by atoms with Crippen LogP contribution in [0.2, 0.25) is 0 Å². The maximum atomic E-state index is 12.6. The third-order valence-electron chi connectivity index (χ3n) is 7.41. The minimum atomic E-state index is -0.739. The highest BCUT2D eigenvalue weighted by Gasteiger charge is 2.29. The number of benzene rings is 2. The lowest BCUT2D eigenvalue weighted by atomic mass is 9.82.